The number of nitrogens with two attached hydrogens (primary N) is 4. The molecule has 44 heteroatoms. The van der Waals surface area contributed by atoms with Gasteiger partial charge in [0, 0.05) is 32.6 Å². The molecule has 3 aliphatic rings. The van der Waals surface area contributed by atoms with Gasteiger partial charge in [-0.25, -0.2) is 4.79 Å². The number of carbonyl (C=O) groups is 19. The van der Waals surface area contributed by atoms with Gasteiger partial charge in [0.1, 0.15) is 84.6 Å². The predicted molar refractivity (Wildman–Crippen MR) is 430 cm³/mol. The van der Waals surface area contributed by atoms with E-state index in [-0.39, 0.29) is 88.7 Å². The van der Waals surface area contributed by atoms with E-state index in [2.05, 4.69) is 69.1 Å². The minimum absolute atomic E-state index is 0.0138. The number of rotatable bonds is 52. The minimum atomic E-state index is -2.09. The summed E-state index contributed by atoms with van der Waals surface area (Å²) in [7, 11) is 0. The van der Waals surface area contributed by atoms with Crippen molar-refractivity contribution in [2.75, 3.05) is 45.9 Å². The van der Waals surface area contributed by atoms with E-state index < -0.39 is 260 Å². The second-order valence-corrected chi connectivity index (χ2v) is 32.2. The smallest absolute Gasteiger partial charge is 0.326 e. The van der Waals surface area contributed by atoms with Gasteiger partial charge in [-0.05, 0) is 127 Å². The standard InChI is InChI=1S/C76H129N21O23/c1-12-41(10)60(94-67(111)50(36-98)91-71(115)59(40(8)9)93-69(113)52-22-16-28-95(52)73(117)53-23-18-30-97(53)72(116)43(78)19-13-14-26-77)74(118)96-29-17-21-51(96)68(112)87-45(24-25-56(101)102)63(107)89-48(34-57(103)104)65(109)86-44(20-15-27-82-76(80)81)62(106)88-47(32-38(4)5)64(108)84-42(11)61(105)83-35-55(100)85-46(31-37(2)3)66(110)92-58(39(6)7)70(114)90-49(75(119)120)33-54(79)99/h37-53,58-60,98H,12-36,77-78H2,1-11H3,(H2,79,99)(H,83,105)(H,84,108)(H,85,100)(H,86,109)(H,87,112)(H,88,106)(H,89,107)(H,90,114)(H,91,115)(H,92,110)(H,93,113)(H,94,111)(H,101,102)(H,103,104)(H,119,120)(H4,80,81,82)/t41-,42-,43-,44-,45-,46-,47-,48-,49-,50-,51-,52-,53-,58-,59-,60-/m0/s1. The largest absolute Gasteiger partial charge is 0.481 e. The van der Waals surface area contributed by atoms with E-state index in [1.54, 1.807) is 69.2 Å². The molecule has 16 atom stereocenters. The molecule has 0 unspecified atom stereocenters. The van der Waals surface area contributed by atoms with E-state index in [1.807, 2.05) is 0 Å². The van der Waals surface area contributed by atoms with Gasteiger partial charge in [-0.2, -0.15) is 0 Å². The maximum absolute atomic E-state index is 14.8. The highest BCUT2D eigenvalue weighted by Crippen LogP contribution is 2.28. The van der Waals surface area contributed by atoms with Crippen LogP contribution in [0.15, 0.2) is 0 Å². The van der Waals surface area contributed by atoms with E-state index in [1.165, 1.54) is 16.7 Å². The molecule has 3 saturated heterocycles. The molecule has 0 aromatic heterocycles. The maximum Gasteiger partial charge on any atom is 0.326 e. The highest BCUT2D eigenvalue weighted by molar-refractivity contribution is 6.02. The normalized spacial score (nSPS) is 18.4. The number of guanidine groups is 1. The third kappa shape index (κ3) is 33.7. The van der Waals surface area contributed by atoms with Gasteiger partial charge in [0.25, 0.3) is 0 Å². The fourth-order valence-corrected chi connectivity index (χ4v) is 13.9. The SMILES string of the molecule is CC[C@H](C)[C@H](NC(=O)[C@H](CO)NC(=O)[C@@H](NC(=O)[C@@H]1CCCN1C(=O)[C@@H]1CCCN1C(=O)[C@@H](N)CCCCN)C(C)C)C(=O)N1CCC[C@H]1C(=O)N[C@@H](CCC(=O)O)C(=O)N[C@@H](CC(=O)O)C(=O)N[C@@H](CCCNC(=N)N)C(=O)N[C@@H](CC(C)C)C(=O)N[C@@H](C)C(=O)NCC(=O)N[C@@H](CC(C)C)C(=O)N[C@H](C(=O)N[C@@H](CC(N)=O)C(=O)O)C(C)C. The number of carbonyl (C=O) groups excluding carboxylic acids is 16. The van der Waals surface area contributed by atoms with Crippen LogP contribution in [0.3, 0.4) is 0 Å². The molecular formula is C76H129N21O23. The molecule has 0 aromatic rings. The molecule has 0 aliphatic carbocycles. The Hall–Kier alpha value is -10.9. The lowest BCUT2D eigenvalue weighted by Crippen LogP contribution is -2.62. The van der Waals surface area contributed by atoms with Gasteiger partial charge in [-0.1, -0.05) is 82.1 Å². The number of unbranched alkanes of at least 4 members (excludes halogenated alkanes) is 1. The Balaban J connectivity index is 1.81. The Morgan fingerprint density at radius 2 is 0.908 bits per heavy atom. The molecule has 44 nitrogen and oxygen atoms in total. The first-order chi connectivity index (χ1) is 56.3. The molecule has 3 aliphatic heterocycles. The quantitative estimate of drug-likeness (QED) is 0.0153. The van der Waals surface area contributed by atoms with Crippen LogP contribution in [0.1, 0.15) is 192 Å². The van der Waals surface area contributed by atoms with E-state index in [4.69, 9.17) is 28.3 Å². The van der Waals surface area contributed by atoms with Crippen LogP contribution in [0, 0.1) is 35.0 Å². The van der Waals surface area contributed by atoms with Gasteiger partial charge in [0.2, 0.25) is 94.5 Å². The number of likely N-dealkylation sites (tertiary alicyclic amines) is 3. The average molecular weight is 1700 g/mol. The van der Waals surface area contributed by atoms with Crippen molar-refractivity contribution in [3.63, 3.8) is 0 Å². The topological polar surface area (TPSA) is 699 Å². The van der Waals surface area contributed by atoms with Crippen LogP contribution in [-0.2, 0) is 91.1 Å². The predicted octanol–water partition coefficient (Wildman–Crippen LogP) is -6.11. The number of aliphatic hydroxyl groups excluding tert-OH is 1. The highest BCUT2D eigenvalue weighted by atomic mass is 16.4. The minimum Gasteiger partial charge on any atom is -0.481 e. The number of aliphatic carboxylic acids is 3. The molecule has 0 aromatic carbocycles. The monoisotopic (exact) mass is 1700 g/mol. The maximum atomic E-state index is 14.8. The van der Waals surface area contributed by atoms with Crippen LogP contribution < -0.4 is 92.1 Å². The van der Waals surface area contributed by atoms with Gasteiger partial charge in [-0.15, -0.1) is 0 Å². The van der Waals surface area contributed by atoms with Crippen LogP contribution in [0.5, 0.6) is 0 Å². The fraction of sp³-hybridized carbons (Fsp3) is 0.737. The first-order valence-corrected chi connectivity index (χ1v) is 40.9. The summed E-state index contributed by atoms with van der Waals surface area (Å²) in [5.41, 5.74) is 22.5. The lowest BCUT2D eigenvalue weighted by molar-refractivity contribution is -0.147. The number of carboxylic acid groups (broad SMARTS) is 3. The zero-order chi connectivity index (χ0) is 90.7. The number of aliphatic hydroxyl groups is 1. The molecule has 676 valence electrons. The van der Waals surface area contributed by atoms with Gasteiger partial charge >= 0.3 is 17.9 Å². The molecule has 0 saturated carbocycles. The molecule has 3 heterocycles. The Morgan fingerprint density at radius 1 is 0.450 bits per heavy atom. The van der Waals surface area contributed by atoms with Crippen LogP contribution in [0.4, 0.5) is 0 Å². The molecule has 0 bridgehead atoms. The van der Waals surface area contributed by atoms with E-state index in [0.717, 1.165) is 4.90 Å². The summed E-state index contributed by atoms with van der Waals surface area (Å²) in [5, 5.41) is 79.4. The Labute approximate surface area is 697 Å². The number of amides is 16. The van der Waals surface area contributed by atoms with Crippen molar-refractivity contribution in [2.24, 2.45) is 52.5 Å². The fourth-order valence-electron chi connectivity index (χ4n) is 13.9. The van der Waals surface area contributed by atoms with Crippen LogP contribution in [0.2, 0.25) is 0 Å². The van der Waals surface area contributed by atoms with Crippen molar-refractivity contribution < 1.29 is 112 Å². The lowest BCUT2D eigenvalue weighted by Gasteiger charge is -2.33. The lowest BCUT2D eigenvalue weighted by atomic mass is 9.96. The summed E-state index contributed by atoms with van der Waals surface area (Å²) >= 11 is 0. The van der Waals surface area contributed by atoms with Crippen molar-refractivity contribution in [1.82, 2.24) is 83.8 Å². The first kappa shape index (κ1) is 103. The molecule has 0 spiro atoms. The van der Waals surface area contributed by atoms with Gasteiger partial charge in [0.05, 0.1) is 32.0 Å². The molecule has 120 heavy (non-hydrogen) atoms. The zero-order valence-electron chi connectivity index (χ0n) is 70.4. The molecule has 3 fully saturated rings. The van der Waals surface area contributed by atoms with E-state index >= 15 is 0 Å². The Bertz CT molecular complexity index is 3620. The van der Waals surface area contributed by atoms with Crippen LogP contribution in [0.25, 0.3) is 0 Å². The number of hydrogen-bond donors (Lipinski definition) is 22. The summed E-state index contributed by atoms with van der Waals surface area (Å²) in [4.78, 5) is 262. The number of carboxylic acids is 3. The summed E-state index contributed by atoms with van der Waals surface area (Å²) in [6.45, 7) is 16.6. The number of hydrogen-bond acceptors (Lipinski definition) is 23. The molecule has 26 N–H and O–H groups in total. The Morgan fingerprint density at radius 3 is 1.43 bits per heavy atom. The summed E-state index contributed by atoms with van der Waals surface area (Å²) < 4.78 is 0. The second kappa shape index (κ2) is 50.9. The van der Waals surface area contributed by atoms with Crippen molar-refractivity contribution in [3.05, 3.63) is 0 Å². The molecular weight excluding hydrogens is 1570 g/mol. The van der Waals surface area contributed by atoms with Crippen molar-refractivity contribution in [1.29, 1.82) is 5.41 Å². The van der Waals surface area contributed by atoms with Gasteiger partial charge in [-0.3, -0.25) is 91.7 Å². The van der Waals surface area contributed by atoms with Crippen molar-refractivity contribution in [3.8, 4) is 0 Å². The first-order valence-electron chi connectivity index (χ1n) is 40.9. The zero-order valence-corrected chi connectivity index (χ0v) is 70.4. The number of nitrogens with zero attached hydrogens (tertiary/aromatic N) is 3. The van der Waals surface area contributed by atoms with E-state index in [9.17, 15) is 112 Å². The third-order valence-corrected chi connectivity index (χ3v) is 20.7. The number of nitrogens with one attached hydrogen (secondary N) is 14. The second-order valence-electron chi connectivity index (χ2n) is 32.2. The van der Waals surface area contributed by atoms with Crippen molar-refractivity contribution in [2.45, 2.75) is 282 Å². The van der Waals surface area contributed by atoms with Crippen molar-refractivity contribution >= 4 is 118 Å². The molecule has 16 amide bonds. The number of primary amides is 1. The average Bonchev–Trinajstić information content (AvgIpc) is 1.65. The Kier molecular flexibility index (Phi) is 43.8. The van der Waals surface area contributed by atoms with Crippen LogP contribution in [-0.4, -0.2) is 290 Å². The third-order valence-electron chi connectivity index (χ3n) is 20.7. The highest BCUT2D eigenvalue weighted by Gasteiger charge is 2.46. The van der Waals surface area contributed by atoms with Gasteiger partial charge < -0.3 is 127 Å². The molecule has 0 radical (unpaired) electrons. The molecule has 3 rings (SSSR count). The summed E-state index contributed by atoms with van der Waals surface area (Å²) in [6.07, 6.45) is -0.262. The summed E-state index contributed by atoms with van der Waals surface area (Å²) in [5.74, 6) is -22.3. The van der Waals surface area contributed by atoms with Crippen LogP contribution >= 0.6 is 0 Å². The summed E-state index contributed by atoms with van der Waals surface area (Å²) in [6, 6.07) is -21.5. The van der Waals surface area contributed by atoms with E-state index in [0.29, 0.717) is 51.6 Å². The van der Waals surface area contributed by atoms with Gasteiger partial charge in [0.15, 0.2) is 5.96 Å².